The summed E-state index contributed by atoms with van der Waals surface area (Å²) in [6.07, 6.45) is 0. The van der Waals surface area contributed by atoms with Gasteiger partial charge in [0.05, 0.1) is 0 Å². The summed E-state index contributed by atoms with van der Waals surface area (Å²) in [7, 11) is 0. The summed E-state index contributed by atoms with van der Waals surface area (Å²) < 4.78 is 0. The third kappa shape index (κ3) is 5.26. The molecule has 0 aromatic heterocycles. The number of nitrogens with one attached hydrogen (secondary N) is 1. The molecule has 2 N–H and O–H groups in total. The number of rotatable bonds is 3. The lowest BCUT2D eigenvalue weighted by Crippen LogP contribution is -2.39. The molecule has 102 valence electrons. The minimum absolute atomic E-state index is 0.386. The zero-order valence-corrected chi connectivity index (χ0v) is 10.7. The highest BCUT2D eigenvalue weighted by Crippen LogP contribution is 2.14. The highest BCUT2D eigenvalue weighted by atomic mass is 35.5. The van der Waals surface area contributed by atoms with E-state index in [0.717, 1.165) is 6.92 Å². The fourth-order valence-corrected chi connectivity index (χ4v) is 1.27. The van der Waals surface area contributed by atoms with Gasteiger partial charge in [0.1, 0.15) is 0 Å². The van der Waals surface area contributed by atoms with Crippen LogP contribution in [0.15, 0.2) is 24.3 Å². The molecular formula is C11H11ClN2O5. The van der Waals surface area contributed by atoms with Crippen LogP contribution in [0.3, 0.4) is 0 Å². The van der Waals surface area contributed by atoms with Crippen LogP contribution in [0.25, 0.3) is 0 Å². The van der Waals surface area contributed by atoms with Gasteiger partial charge in [0.2, 0.25) is 0 Å². The lowest BCUT2D eigenvalue weighted by atomic mass is 10.3. The monoisotopic (exact) mass is 286 g/mol. The van der Waals surface area contributed by atoms with Gasteiger partial charge in [0, 0.05) is 17.6 Å². The number of amides is 2. The van der Waals surface area contributed by atoms with Crippen molar-refractivity contribution in [3.05, 3.63) is 29.3 Å². The van der Waals surface area contributed by atoms with Crippen molar-refractivity contribution in [3.63, 3.8) is 0 Å². The van der Waals surface area contributed by atoms with Crippen molar-refractivity contribution in [3.8, 4) is 0 Å². The van der Waals surface area contributed by atoms with E-state index in [1.807, 2.05) is 0 Å². The van der Waals surface area contributed by atoms with Crippen LogP contribution in [-0.2, 0) is 14.4 Å². The number of aliphatic carboxylic acids is 1. The third-order valence-electron chi connectivity index (χ3n) is 1.84. The van der Waals surface area contributed by atoms with Crippen molar-refractivity contribution in [2.45, 2.75) is 6.92 Å². The SMILES string of the molecule is CC(=O)ON(CC(=O)O)C(=O)Nc1ccc(Cl)cc1. The Hall–Kier alpha value is -2.28. The Labute approximate surface area is 113 Å². The number of carbonyl (C=O) groups is 3. The van der Waals surface area contributed by atoms with Crippen LogP contribution in [0, 0.1) is 0 Å². The van der Waals surface area contributed by atoms with Gasteiger partial charge in [-0.05, 0) is 24.3 Å². The predicted octanol–water partition coefficient (Wildman–Crippen LogP) is 1.74. The number of benzene rings is 1. The molecule has 0 radical (unpaired) electrons. The first-order chi connectivity index (χ1) is 8.88. The van der Waals surface area contributed by atoms with E-state index in [2.05, 4.69) is 10.2 Å². The number of carbonyl (C=O) groups excluding carboxylic acids is 2. The molecular weight excluding hydrogens is 276 g/mol. The number of halogens is 1. The molecule has 0 bridgehead atoms. The van der Waals surface area contributed by atoms with Crippen LogP contribution < -0.4 is 5.32 Å². The van der Waals surface area contributed by atoms with E-state index in [9.17, 15) is 14.4 Å². The quantitative estimate of drug-likeness (QED) is 0.825. The molecule has 19 heavy (non-hydrogen) atoms. The molecule has 1 rings (SSSR count). The zero-order valence-electron chi connectivity index (χ0n) is 9.92. The fourth-order valence-electron chi connectivity index (χ4n) is 1.14. The maximum Gasteiger partial charge on any atom is 0.355 e. The van der Waals surface area contributed by atoms with Gasteiger partial charge in [-0.3, -0.25) is 9.59 Å². The Balaban J connectivity index is 2.73. The molecule has 0 heterocycles. The van der Waals surface area contributed by atoms with E-state index in [0.29, 0.717) is 15.8 Å². The molecule has 0 spiro atoms. The summed E-state index contributed by atoms with van der Waals surface area (Å²) in [5.41, 5.74) is 0.386. The van der Waals surface area contributed by atoms with E-state index >= 15 is 0 Å². The number of hydrogen-bond acceptors (Lipinski definition) is 4. The van der Waals surface area contributed by atoms with E-state index in [-0.39, 0.29) is 0 Å². The van der Waals surface area contributed by atoms with Gasteiger partial charge in [-0.25, -0.2) is 4.79 Å². The van der Waals surface area contributed by atoms with Crippen molar-refractivity contribution in [1.29, 1.82) is 0 Å². The summed E-state index contributed by atoms with van der Waals surface area (Å²) in [5, 5.41) is 11.9. The lowest BCUT2D eigenvalue weighted by molar-refractivity contribution is -0.177. The molecule has 0 saturated carbocycles. The second-order valence-corrected chi connectivity index (χ2v) is 3.89. The Bertz CT molecular complexity index is 472. The first-order valence-electron chi connectivity index (χ1n) is 5.13. The summed E-state index contributed by atoms with van der Waals surface area (Å²) in [4.78, 5) is 37.5. The molecule has 1 aromatic rings. The summed E-state index contributed by atoms with van der Waals surface area (Å²) in [6, 6.07) is 5.26. The molecule has 1 aromatic carbocycles. The molecule has 0 aliphatic carbocycles. The van der Waals surface area contributed by atoms with Crippen LogP contribution in [0.4, 0.5) is 10.5 Å². The van der Waals surface area contributed by atoms with E-state index < -0.39 is 24.5 Å². The third-order valence-corrected chi connectivity index (χ3v) is 2.09. The fraction of sp³-hybridized carbons (Fsp3) is 0.182. The summed E-state index contributed by atoms with van der Waals surface area (Å²) in [5.74, 6) is -2.11. The van der Waals surface area contributed by atoms with Gasteiger partial charge in [-0.2, -0.15) is 0 Å². The molecule has 0 atom stereocenters. The van der Waals surface area contributed by atoms with Crippen molar-refractivity contribution >= 4 is 35.3 Å². The highest BCUT2D eigenvalue weighted by Gasteiger charge is 2.20. The van der Waals surface area contributed by atoms with Crippen LogP contribution in [-0.4, -0.2) is 34.7 Å². The molecule has 7 nitrogen and oxygen atoms in total. The van der Waals surface area contributed by atoms with Crippen LogP contribution in [0.5, 0.6) is 0 Å². The number of carboxylic acids is 1. The molecule has 0 aliphatic heterocycles. The van der Waals surface area contributed by atoms with Gasteiger partial charge in [0.25, 0.3) is 0 Å². The second-order valence-electron chi connectivity index (χ2n) is 3.45. The van der Waals surface area contributed by atoms with Gasteiger partial charge in [-0.1, -0.05) is 11.6 Å². The predicted molar refractivity (Wildman–Crippen MR) is 66.6 cm³/mol. The van der Waals surface area contributed by atoms with Crippen LogP contribution in [0.1, 0.15) is 6.92 Å². The largest absolute Gasteiger partial charge is 0.480 e. The molecule has 2 amide bonds. The Morgan fingerprint density at radius 2 is 1.89 bits per heavy atom. The topological polar surface area (TPSA) is 95.9 Å². The normalized spacial score (nSPS) is 9.58. The maximum absolute atomic E-state index is 11.7. The van der Waals surface area contributed by atoms with Gasteiger partial charge in [0.15, 0.2) is 6.54 Å². The van der Waals surface area contributed by atoms with E-state index in [4.69, 9.17) is 16.7 Å². The summed E-state index contributed by atoms with van der Waals surface area (Å²) in [6.45, 7) is 0.295. The van der Waals surface area contributed by atoms with Crippen LogP contribution >= 0.6 is 11.6 Å². The van der Waals surface area contributed by atoms with Gasteiger partial charge < -0.3 is 15.3 Å². The number of nitrogens with zero attached hydrogens (tertiary/aromatic N) is 1. The number of urea groups is 1. The number of hydrogen-bond donors (Lipinski definition) is 2. The van der Waals surface area contributed by atoms with Crippen molar-refractivity contribution in [1.82, 2.24) is 5.06 Å². The highest BCUT2D eigenvalue weighted by molar-refractivity contribution is 6.30. The standard InChI is InChI=1S/C11H11ClN2O5/c1-7(15)19-14(6-10(16)17)11(18)13-9-4-2-8(12)3-5-9/h2-5H,6H2,1H3,(H,13,18)(H,16,17). The number of hydroxylamine groups is 2. The van der Waals surface area contributed by atoms with E-state index in [1.54, 1.807) is 12.1 Å². The van der Waals surface area contributed by atoms with Crippen molar-refractivity contribution < 1.29 is 24.3 Å². The second kappa shape index (κ2) is 6.60. The molecule has 0 aliphatic rings. The van der Waals surface area contributed by atoms with Gasteiger partial charge >= 0.3 is 18.0 Å². The lowest BCUT2D eigenvalue weighted by Gasteiger charge is -2.18. The Morgan fingerprint density at radius 1 is 1.32 bits per heavy atom. The average molecular weight is 287 g/mol. The van der Waals surface area contributed by atoms with Crippen LogP contribution in [0.2, 0.25) is 5.02 Å². The first-order valence-corrected chi connectivity index (χ1v) is 5.50. The molecule has 0 fully saturated rings. The van der Waals surface area contributed by atoms with Crippen molar-refractivity contribution in [2.24, 2.45) is 0 Å². The van der Waals surface area contributed by atoms with Crippen molar-refractivity contribution in [2.75, 3.05) is 11.9 Å². The molecule has 0 saturated heterocycles. The summed E-state index contributed by atoms with van der Waals surface area (Å²) >= 11 is 5.68. The first kappa shape index (κ1) is 14.8. The maximum atomic E-state index is 11.7. The van der Waals surface area contributed by atoms with Gasteiger partial charge in [-0.15, -0.1) is 5.06 Å². The zero-order chi connectivity index (χ0) is 14.4. The molecule has 8 heteroatoms. The Morgan fingerprint density at radius 3 is 2.37 bits per heavy atom. The Kier molecular flexibility index (Phi) is 5.13. The minimum Gasteiger partial charge on any atom is -0.480 e. The molecule has 0 unspecified atom stereocenters. The van der Waals surface area contributed by atoms with E-state index in [1.165, 1.54) is 12.1 Å². The number of carboxylic acid groups (broad SMARTS) is 1. The number of anilines is 1. The average Bonchev–Trinajstić information content (AvgIpc) is 2.30. The smallest absolute Gasteiger partial charge is 0.355 e. The minimum atomic E-state index is -1.31.